The largest absolute Gasteiger partial charge is 0.478 e. The molecule has 5 nitrogen and oxygen atoms in total. The van der Waals surface area contributed by atoms with Crippen molar-refractivity contribution in [1.82, 2.24) is 4.98 Å². The number of hydrogen-bond donors (Lipinski definition) is 2. The van der Waals surface area contributed by atoms with E-state index in [2.05, 4.69) is 10.3 Å². The smallest absolute Gasteiger partial charge is 0.339 e. The van der Waals surface area contributed by atoms with Crippen molar-refractivity contribution in [1.29, 1.82) is 0 Å². The van der Waals surface area contributed by atoms with Crippen LogP contribution in [0.15, 0.2) is 18.3 Å². The van der Waals surface area contributed by atoms with E-state index in [-0.39, 0.29) is 17.0 Å². The van der Waals surface area contributed by atoms with Gasteiger partial charge in [-0.1, -0.05) is 12.8 Å². The maximum Gasteiger partial charge on any atom is 0.339 e. The van der Waals surface area contributed by atoms with Crippen molar-refractivity contribution < 1.29 is 14.6 Å². The molecule has 1 aromatic heterocycles. The maximum absolute atomic E-state index is 11.3. The van der Waals surface area contributed by atoms with Gasteiger partial charge in [-0.25, -0.2) is 9.78 Å². The van der Waals surface area contributed by atoms with Crippen molar-refractivity contribution in [3.63, 3.8) is 0 Å². The summed E-state index contributed by atoms with van der Waals surface area (Å²) < 4.78 is 5.68. The lowest BCUT2D eigenvalue weighted by atomic mass is 9.76. The Bertz CT molecular complexity index is 498. The predicted octanol–water partition coefficient (Wildman–Crippen LogP) is 2.54. The predicted molar refractivity (Wildman–Crippen MR) is 74.9 cm³/mol. The third-order valence-corrected chi connectivity index (χ3v) is 4.63. The Kier molecular flexibility index (Phi) is 3.61. The lowest BCUT2D eigenvalue weighted by Gasteiger charge is -2.42. The summed E-state index contributed by atoms with van der Waals surface area (Å²) in [5.74, 6) is -0.452. The quantitative estimate of drug-likeness (QED) is 0.887. The molecule has 2 heterocycles. The molecule has 5 heteroatoms. The Morgan fingerprint density at radius 2 is 2.25 bits per heavy atom. The molecule has 1 aliphatic heterocycles. The lowest BCUT2D eigenvalue weighted by Crippen LogP contribution is -2.47. The Morgan fingerprint density at radius 1 is 1.45 bits per heavy atom. The number of rotatable bonds is 3. The molecule has 1 aromatic rings. The van der Waals surface area contributed by atoms with E-state index in [1.54, 1.807) is 18.3 Å². The third kappa shape index (κ3) is 2.38. The Balaban J connectivity index is 1.84. The Labute approximate surface area is 118 Å². The lowest BCUT2D eigenvalue weighted by molar-refractivity contribution is -0.0133. The summed E-state index contributed by atoms with van der Waals surface area (Å²) in [7, 11) is 0. The maximum atomic E-state index is 11.3. The van der Waals surface area contributed by atoms with Gasteiger partial charge >= 0.3 is 5.97 Å². The zero-order valence-corrected chi connectivity index (χ0v) is 11.5. The van der Waals surface area contributed by atoms with Gasteiger partial charge in [-0.05, 0) is 31.4 Å². The van der Waals surface area contributed by atoms with E-state index >= 15 is 0 Å². The van der Waals surface area contributed by atoms with Crippen molar-refractivity contribution in [2.45, 2.75) is 38.1 Å². The molecule has 3 rings (SSSR count). The number of nitrogens with zero attached hydrogens (tertiary/aromatic N) is 1. The van der Waals surface area contributed by atoms with Crippen LogP contribution in [0.4, 0.5) is 5.82 Å². The number of carbonyl (C=O) groups is 1. The molecule has 1 aliphatic carbocycles. The number of aromatic carboxylic acids is 1. The minimum absolute atomic E-state index is 0.158. The first-order valence-electron chi connectivity index (χ1n) is 7.24. The molecular formula is C15H20N2O3. The topological polar surface area (TPSA) is 71.5 Å². The van der Waals surface area contributed by atoms with Crippen molar-refractivity contribution in [3.8, 4) is 0 Å². The summed E-state index contributed by atoms with van der Waals surface area (Å²) >= 11 is 0. The molecule has 0 aromatic carbocycles. The fourth-order valence-corrected chi connectivity index (χ4v) is 3.54. The number of nitrogens with one attached hydrogen (secondary N) is 1. The fourth-order valence-electron chi connectivity index (χ4n) is 3.54. The van der Waals surface area contributed by atoms with Crippen LogP contribution in [-0.4, -0.2) is 35.3 Å². The zero-order valence-electron chi connectivity index (χ0n) is 11.5. The number of hydrogen-bond acceptors (Lipinski definition) is 4. The highest BCUT2D eigenvalue weighted by molar-refractivity contribution is 5.93. The van der Waals surface area contributed by atoms with Crippen molar-refractivity contribution in [2.24, 2.45) is 5.41 Å². The van der Waals surface area contributed by atoms with Crippen LogP contribution in [0.5, 0.6) is 0 Å². The highest BCUT2D eigenvalue weighted by Crippen LogP contribution is 2.45. The molecule has 20 heavy (non-hydrogen) atoms. The summed E-state index contributed by atoms with van der Waals surface area (Å²) in [6, 6.07) is 3.51. The van der Waals surface area contributed by atoms with Gasteiger partial charge in [0.1, 0.15) is 11.4 Å². The summed E-state index contributed by atoms with van der Waals surface area (Å²) in [4.78, 5) is 15.5. The van der Waals surface area contributed by atoms with Crippen LogP contribution in [0.3, 0.4) is 0 Å². The fraction of sp³-hybridized carbons (Fsp3) is 0.600. The highest BCUT2D eigenvalue weighted by Gasteiger charge is 2.44. The summed E-state index contributed by atoms with van der Waals surface area (Å²) in [6.45, 7) is 1.51. The van der Waals surface area contributed by atoms with Crippen molar-refractivity contribution >= 4 is 11.8 Å². The average molecular weight is 276 g/mol. The second-order valence-corrected chi connectivity index (χ2v) is 5.81. The Hall–Kier alpha value is -1.62. The van der Waals surface area contributed by atoms with E-state index in [4.69, 9.17) is 4.74 Å². The first kappa shape index (κ1) is 13.4. The van der Waals surface area contributed by atoms with Gasteiger partial charge in [0, 0.05) is 24.3 Å². The molecular weight excluding hydrogens is 256 g/mol. The molecule has 108 valence electrons. The second-order valence-electron chi connectivity index (χ2n) is 5.81. The first-order valence-corrected chi connectivity index (χ1v) is 7.24. The number of carboxylic acids is 1. The molecule has 1 saturated heterocycles. The normalized spacial score (nSPS) is 24.7. The van der Waals surface area contributed by atoms with E-state index < -0.39 is 5.97 Å². The monoisotopic (exact) mass is 276 g/mol. The van der Waals surface area contributed by atoms with E-state index in [0.29, 0.717) is 5.82 Å². The Morgan fingerprint density at radius 3 is 3.00 bits per heavy atom. The minimum Gasteiger partial charge on any atom is -0.478 e. The minimum atomic E-state index is -0.937. The van der Waals surface area contributed by atoms with E-state index in [1.807, 2.05) is 0 Å². The molecule has 2 N–H and O–H groups in total. The van der Waals surface area contributed by atoms with Gasteiger partial charge in [0.05, 0.1) is 6.61 Å². The summed E-state index contributed by atoms with van der Waals surface area (Å²) in [5, 5.41) is 12.6. The molecule has 2 fully saturated rings. The molecule has 1 atom stereocenters. The first-order chi connectivity index (χ1) is 9.71. The van der Waals surface area contributed by atoms with Crippen LogP contribution < -0.4 is 5.32 Å². The molecule has 1 unspecified atom stereocenters. The summed E-state index contributed by atoms with van der Waals surface area (Å²) in [5.41, 5.74) is 0.401. The van der Waals surface area contributed by atoms with Gasteiger partial charge in [0.25, 0.3) is 0 Å². The van der Waals surface area contributed by atoms with Crippen LogP contribution in [0.25, 0.3) is 0 Å². The van der Waals surface area contributed by atoms with Gasteiger partial charge in [0.2, 0.25) is 0 Å². The number of anilines is 1. The van der Waals surface area contributed by atoms with Crippen molar-refractivity contribution in [3.05, 3.63) is 23.9 Å². The van der Waals surface area contributed by atoms with Crippen LogP contribution >= 0.6 is 0 Å². The van der Waals surface area contributed by atoms with Crippen LogP contribution in [0.1, 0.15) is 42.5 Å². The molecule has 1 spiro atoms. The average Bonchev–Trinajstić information content (AvgIpc) is 2.91. The van der Waals surface area contributed by atoms with E-state index in [1.165, 1.54) is 12.8 Å². The van der Waals surface area contributed by atoms with Crippen LogP contribution in [0.2, 0.25) is 0 Å². The van der Waals surface area contributed by atoms with Gasteiger partial charge < -0.3 is 15.2 Å². The molecule has 0 bridgehead atoms. The molecule has 1 saturated carbocycles. The van der Waals surface area contributed by atoms with Crippen LogP contribution in [0, 0.1) is 5.41 Å². The molecule has 0 amide bonds. The van der Waals surface area contributed by atoms with Gasteiger partial charge in [-0.2, -0.15) is 0 Å². The highest BCUT2D eigenvalue weighted by atomic mass is 16.5. The number of carboxylic acid groups (broad SMARTS) is 1. The SMILES string of the molecule is O=C(O)c1cccnc1NC1CCOCC12CCCC2. The van der Waals surface area contributed by atoms with Crippen LogP contribution in [-0.2, 0) is 4.74 Å². The standard InChI is InChI=1S/C15H20N2O3/c18-14(19)11-4-3-8-16-13(11)17-12-5-9-20-10-15(12)6-1-2-7-15/h3-4,8,12H,1-2,5-7,9-10H2,(H,16,17)(H,18,19). The summed E-state index contributed by atoms with van der Waals surface area (Å²) in [6.07, 6.45) is 7.32. The molecule has 0 radical (unpaired) electrons. The second kappa shape index (κ2) is 5.40. The van der Waals surface area contributed by atoms with Gasteiger partial charge in [-0.15, -0.1) is 0 Å². The zero-order chi connectivity index (χ0) is 14.0. The van der Waals surface area contributed by atoms with E-state index in [0.717, 1.165) is 32.5 Å². The van der Waals surface area contributed by atoms with Gasteiger partial charge in [0.15, 0.2) is 0 Å². The van der Waals surface area contributed by atoms with Crippen molar-refractivity contribution in [2.75, 3.05) is 18.5 Å². The number of pyridine rings is 1. The third-order valence-electron chi connectivity index (χ3n) is 4.63. The number of ether oxygens (including phenoxy) is 1. The van der Waals surface area contributed by atoms with Gasteiger partial charge in [-0.3, -0.25) is 0 Å². The molecule has 2 aliphatic rings. The van der Waals surface area contributed by atoms with E-state index in [9.17, 15) is 9.90 Å². The number of aromatic nitrogens is 1.